The van der Waals surface area contributed by atoms with Crippen molar-refractivity contribution in [3.05, 3.63) is 77.6 Å². The van der Waals surface area contributed by atoms with Gasteiger partial charge in [-0.05, 0) is 75.1 Å². The van der Waals surface area contributed by atoms with Gasteiger partial charge >= 0.3 is 0 Å². The Bertz CT molecular complexity index is 1270. The van der Waals surface area contributed by atoms with Crippen LogP contribution in [0.1, 0.15) is 24.8 Å². The van der Waals surface area contributed by atoms with E-state index in [9.17, 15) is 8.42 Å². The molecule has 0 atom stereocenters. The first kappa shape index (κ1) is 26.8. The van der Waals surface area contributed by atoms with Crippen molar-refractivity contribution >= 4 is 38.5 Å². The highest BCUT2D eigenvalue weighted by atomic mass is 35.5. The molecular formula is C28H35ClN4O2S. The molecule has 36 heavy (non-hydrogen) atoms. The molecular weight excluding hydrogens is 492 g/mol. The third-order valence-electron chi connectivity index (χ3n) is 6.81. The summed E-state index contributed by atoms with van der Waals surface area (Å²) < 4.78 is 29.5. The van der Waals surface area contributed by atoms with Gasteiger partial charge in [0.25, 0.3) is 0 Å². The van der Waals surface area contributed by atoms with Crippen molar-refractivity contribution in [3.63, 3.8) is 0 Å². The summed E-state index contributed by atoms with van der Waals surface area (Å²) in [5.41, 5.74) is 1.05. The predicted molar refractivity (Wildman–Crippen MR) is 149 cm³/mol. The molecule has 0 radical (unpaired) electrons. The van der Waals surface area contributed by atoms with E-state index in [1.807, 2.05) is 43.5 Å². The highest BCUT2D eigenvalue weighted by Crippen LogP contribution is 2.26. The molecule has 1 aliphatic heterocycles. The topological polar surface area (TPSA) is 65.5 Å². The van der Waals surface area contributed by atoms with Crippen molar-refractivity contribution in [2.75, 3.05) is 46.3 Å². The molecule has 0 spiro atoms. The third-order valence-corrected chi connectivity index (χ3v) is 9.00. The summed E-state index contributed by atoms with van der Waals surface area (Å²) in [4.78, 5) is 6.66. The van der Waals surface area contributed by atoms with Gasteiger partial charge in [-0.15, -0.1) is 0 Å². The van der Waals surface area contributed by atoms with E-state index < -0.39 is 10.0 Å². The number of halogens is 1. The average molecular weight is 527 g/mol. The number of hydrogen-bond donors (Lipinski definition) is 1. The number of piperidine rings is 1. The first-order chi connectivity index (χ1) is 17.4. The van der Waals surface area contributed by atoms with Gasteiger partial charge in [0.2, 0.25) is 10.0 Å². The lowest BCUT2D eigenvalue weighted by Gasteiger charge is -2.28. The van der Waals surface area contributed by atoms with Crippen LogP contribution in [0, 0.1) is 5.92 Å². The number of rotatable bonds is 11. The van der Waals surface area contributed by atoms with E-state index in [-0.39, 0.29) is 0 Å². The van der Waals surface area contributed by atoms with Gasteiger partial charge in [0.15, 0.2) is 0 Å². The first-order valence-corrected chi connectivity index (χ1v) is 14.4. The van der Waals surface area contributed by atoms with Crippen LogP contribution in [0.5, 0.6) is 0 Å². The summed E-state index contributed by atoms with van der Waals surface area (Å²) in [5.74, 6) is 0.555. The summed E-state index contributed by atoms with van der Waals surface area (Å²) >= 11 is 6.07. The number of likely N-dealkylation sites (N-methyl/N-ethyl adjacent to an activating group) is 1. The fraction of sp³-hybridized carbons (Fsp3) is 0.393. The van der Waals surface area contributed by atoms with Gasteiger partial charge < -0.3 is 10.2 Å². The normalized spacial score (nSPS) is 15.4. The van der Waals surface area contributed by atoms with Gasteiger partial charge in [-0.25, -0.2) is 8.42 Å². The van der Waals surface area contributed by atoms with Crippen LogP contribution in [0.15, 0.2) is 71.9 Å². The summed E-state index contributed by atoms with van der Waals surface area (Å²) in [5, 5.41) is 5.66. The molecule has 0 aliphatic carbocycles. The fourth-order valence-electron chi connectivity index (χ4n) is 4.66. The van der Waals surface area contributed by atoms with Crippen LogP contribution in [0.2, 0.25) is 5.02 Å². The Hall–Kier alpha value is -2.29. The molecule has 0 saturated carbocycles. The number of fused-ring (bicyclic) bond motifs is 1. The molecule has 8 heteroatoms. The number of sulfonamides is 1. The van der Waals surface area contributed by atoms with Crippen molar-refractivity contribution < 1.29 is 8.42 Å². The quantitative estimate of drug-likeness (QED) is 0.384. The lowest BCUT2D eigenvalue weighted by atomic mass is 9.95. The molecule has 1 N–H and O–H groups in total. The van der Waals surface area contributed by atoms with Crippen LogP contribution >= 0.6 is 11.6 Å². The third kappa shape index (κ3) is 7.14. The zero-order chi connectivity index (χ0) is 25.4. The van der Waals surface area contributed by atoms with Crippen molar-refractivity contribution in [1.29, 1.82) is 0 Å². The van der Waals surface area contributed by atoms with Crippen molar-refractivity contribution in [3.8, 4) is 0 Å². The fourth-order valence-corrected chi connectivity index (χ4v) is 6.52. The number of benzene rings is 2. The average Bonchev–Trinajstić information content (AvgIpc) is 2.89. The van der Waals surface area contributed by atoms with Crippen molar-refractivity contribution in [2.24, 2.45) is 5.92 Å². The minimum atomic E-state index is -3.66. The Kier molecular flexibility index (Phi) is 9.51. The molecule has 0 bridgehead atoms. The van der Waals surface area contributed by atoms with Crippen LogP contribution in [0.3, 0.4) is 0 Å². The number of hydrogen-bond acceptors (Lipinski definition) is 5. The maximum Gasteiger partial charge on any atom is 0.243 e. The molecule has 2 aromatic carbocycles. The number of pyridine rings is 1. The van der Waals surface area contributed by atoms with Gasteiger partial charge in [0, 0.05) is 54.4 Å². The van der Waals surface area contributed by atoms with E-state index in [0.29, 0.717) is 42.0 Å². The van der Waals surface area contributed by atoms with Crippen LogP contribution in [-0.2, 0) is 10.0 Å². The highest BCUT2D eigenvalue weighted by Gasteiger charge is 2.27. The van der Waals surface area contributed by atoms with E-state index >= 15 is 0 Å². The van der Waals surface area contributed by atoms with Crippen LogP contribution in [0.4, 0.5) is 0 Å². The Morgan fingerprint density at radius 3 is 2.69 bits per heavy atom. The molecule has 3 aromatic rings. The smallest absolute Gasteiger partial charge is 0.243 e. The number of aromatic nitrogens is 1. The Balaban J connectivity index is 1.46. The molecule has 1 saturated heterocycles. The summed E-state index contributed by atoms with van der Waals surface area (Å²) in [6.07, 6.45) is 10.6. The van der Waals surface area contributed by atoms with Gasteiger partial charge in [0.05, 0.1) is 4.90 Å². The van der Waals surface area contributed by atoms with E-state index in [0.717, 1.165) is 48.7 Å². The number of nitrogens with one attached hydrogen (secondary N) is 1. The predicted octanol–water partition coefficient (Wildman–Crippen LogP) is 4.91. The van der Waals surface area contributed by atoms with Crippen LogP contribution < -0.4 is 5.32 Å². The molecule has 1 aromatic heterocycles. The molecule has 4 rings (SSSR count). The van der Waals surface area contributed by atoms with Crippen LogP contribution in [-0.4, -0.2) is 68.9 Å². The Morgan fingerprint density at radius 2 is 1.89 bits per heavy atom. The second-order valence-electron chi connectivity index (χ2n) is 9.46. The van der Waals surface area contributed by atoms with E-state index in [4.69, 9.17) is 11.6 Å². The molecule has 0 unspecified atom stereocenters. The van der Waals surface area contributed by atoms with Gasteiger partial charge in [-0.1, -0.05) is 48.0 Å². The largest absolute Gasteiger partial charge is 0.317 e. The molecule has 1 fully saturated rings. The maximum absolute atomic E-state index is 13.9. The second-order valence-corrected chi connectivity index (χ2v) is 11.8. The van der Waals surface area contributed by atoms with E-state index in [1.165, 1.54) is 0 Å². The summed E-state index contributed by atoms with van der Waals surface area (Å²) in [6.45, 7) is 4.34. The van der Waals surface area contributed by atoms with Crippen LogP contribution in [0.25, 0.3) is 16.8 Å². The van der Waals surface area contributed by atoms with E-state index in [2.05, 4.69) is 21.3 Å². The SMILES string of the molecule is CN(C/C=C/c1cccc(Cl)c1)CCN(CCC1CCNCC1)S(=O)(=O)c1cccc2cnccc12. The lowest BCUT2D eigenvalue weighted by molar-refractivity contribution is 0.282. The molecule has 192 valence electrons. The first-order valence-electron chi connectivity index (χ1n) is 12.6. The minimum Gasteiger partial charge on any atom is -0.317 e. The van der Waals surface area contributed by atoms with Gasteiger partial charge in [-0.2, -0.15) is 4.31 Å². The van der Waals surface area contributed by atoms with Crippen molar-refractivity contribution in [2.45, 2.75) is 24.2 Å². The Morgan fingerprint density at radius 1 is 1.08 bits per heavy atom. The zero-order valence-corrected chi connectivity index (χ0v) is 22.4. The Labute approximate surface area is 220 Å². The second kappa shape index (κ2) is 12.8. The zero-order valence-electron chi connectivity index (χ0n) is 20.8. The van der Waals surface area contributed by atoms with Crippen molar-refractivity contribution in [1.82, 2.24) is 19.5 Å². The highest BCUT2D eigenvalue weighted by molar-refractivity contribution is 7.89. The summed E-state index contributed by atoms with van der Waals surface area (Å²) in [7, 11) is -1.64. The van der Waals surface area contributed by atoms with Gasteiger partial charge in [-0.3, -0.25) is 4.98 Å². The molecule has 0 amide bonds. The van der Waals surface area contributed by atoms with E-state index in [1.54, 1.807) is 34.9 Å². The lowest BCUT2D eigenvalue weighted by Crippen LogP contribution is -2.39. The minimum absolute atomic E-state index is 0.358. The van der Waals surface area contributed by atoms with Gasteiger partial charge in [0.1, 0.15) is 0 Å². The maximum atomic E-state index is 13.9. The standard InChI is InChI=1S/C28H35ClN4O2S/c1-32(17-4-6-24-5-2-8-26(29)21-24)19-20-33(18-13-23-10-14-30-15-11-23)36(34,35)28-9-3-7-25-22-31-16-12-27(25)28/h2-9,12,16,21-23,30H,10-11,13-15,17-20H2,1H3/b6-4+. The summed E-state index contributed by atoms with van der Waals surface area (Å²) in [6, 6.07) is 14.9. The number of nitrogens with zero attached hydrogens (tertiary/aromatic N) is 3. The monoisotopic (exact) mass is 526 g/mol. The molecule has 2 heterocycles. The molecule has 6 nitrogen and oxygen atoms in total. The molecule has 1 aliphatic rings.